The van der Waals surface area contributed by atoms with Gasteiger partial charge in [-0.3, -0.25) is 4.99 Å². The molecule has 1 atom stereocenters. The Morgan fingerprint density at radius 2 is 2.08 bits per heavy atom. The van der Waals surface area contributed by atoms with Gasteiger partial charge in [0.2, 0.25) is 0 Å². The summed E-state index contributed by atoms with van der Waals surface area (Å²) in [5.74, 6) is 0.703. The number of piperidine rings is 1. The van der Waals surface area contributed by atoms with Gasteiger partial charge >= 0.3 is 0 Å². The Bertz CT molecular complexity index is 705. The van der Waals surface area contributed by atoms with Gasteiger partial charge in [0, 0.05) is 38.2 Å². The van der Waals surface area contributed by atoms with E-state index in [4.69, 9.17) is 4.74 Å². The van der Waals surface area contributed by atoms with E-state index in [-0.39, 0.29) is 6.10 Å². The van der Waals surface area contributed by atoms with E-state index in [0.29, 0.717) is 29.8 Å². The van der Waals surface area contributed by atoms with Crippen molar-refractivity contribution < 1.29 is 13.2 Å². The molecule has 0 spiro atoms. The highest BCUT2D eigenvalue weighted by Gasteiger charge is 2.27. The maximum atomic E-state index is 12.7. The average molecular weight is 401 g/mol. The number of aliphatic imine (C=N–C) groups is 1. The van der Waals surface area contributed by atoms with Crippen molar-refractivity contribution in [3.8, 4) is 0 Å². The van der Waals surface area contributed by atoms with Crippen LogP contribution in [0.15, 0.2) is 21.3 Å². The average Bonchev–Trinajstić information content (AvgIpc) is 3.35. The molecule has 2 aliphatic heterocycles. The fourth-order valence-electron chi connectivity index (χ4n) is 3.23. The third-order valence-corrected chi connectivity index (χ3v) is 8.17. The molecule has 1 unspecified atom stereocenters. The minimum absolute atomic E-state index is 0.247. The summed E-state index contributed by atoms with van der Waals surface area (Å²) in [5, 5.41) is 6.50. The molecule has 0 aliphatic carbocycles. The van der Waals surface area contributed by atoms with E-state index in [1.807, 2.05) is 6.07 Å². The third-order valence-electron chi connectivity index (χ3n) is 4.72. The Kier molecular flexibility index (Phi) is 6.91. The van der Waals surface area contributed by atoms with Crippen LogP contribution >= 0.6 is 11.3 Å². The van der Waals surface area contributed by atoms with Gasteiger partial charge in [-0.2, -0.15) is 4.31 Å². The van der Waals surface area contributed by atoms with Gasteiger partial charge < -0.3 is 15.4 Å². The van der Waals surface area contributed by atoms with Gasteiger partial charge in [-0.1, -0.05) is 6.42 Å². The number of sulfonamides is 1. The molecule has 2 aliphatic rings. The fourth-order valence-corrected chi connectivity index (χ4v) is 6.20. The molecule has 2 N–H and O–H groups in total. The first-order valence-corrected chi connectivity index (χ1v) is 11.5. The predicted molar refractivity (Wildman–Crippen MR) is 104 cm³/mol. The van der Waals surface area contributed by atoms with Gasteiger partial charge in [-0.05, 0) is 37.8 Å². The first-order valence-electron chi connectivity index (χ1n) is 9.24. The van der Waals surface area contributed by atoms with E-state index < -0.39 is 10.0 Å². The van der Waals surface area contributed by atoms with Crippen molar-refractivity contribution in [2.24, 2.45) is 4.99 Å². The Labute approximate surface area is 159 Å². The van der Waals surface area contributed by atoms with Crippen LogP contribution in [0.25, 0.3) is 0 Å². The first kappa shape index (κ1) is 19.6. The SMILES string of the molecule is CN=C(NCc1ccc(S(=O)(=O)N2CCCCC2)s1)NCC1CCCO1. The molecular weight excluding hydrogens is 372 g/mol. The normalized spacial score (nSPS) is 22.5. The van der Waals surface area contributed by atoms with E-state index in [0.717, 1.165) is 50.1 Å². The number of ether oxygens (including phenoxy) is 1. The summed E-state index contributed by atoms with van der Waals surface area (Å²) in [7, 11) is -1.62. The zero-order valence-corrected chi connectivity index (χ0v) is 16.9. The molecule has 3 rings (SSSR count). The highest BCUT2D eigenvalue weighted by atomic mass is 32.2. The molecule has 26 heavy (non-hydrogen) atoms. The van der Waals surface area contributed by atoms with Crippen molar-refractivity contribution in [1.82, 2.24) is 14.9 Å². The van der Waals surface area contributed by atoms with Crippen LogP contribution in [-0.4, -0.2) is 58.1 Å². The van der Waals surface area contributed by atoms with E-state index in [2.05, 4.69) is 15.6 Å². The van der Waals surface area contributed by atoms with Crippen LogP contribution in [0.2, 0.25) is 0 Å². The van der Waals surface area contributed by atoms with E-state index in [1.54, 1.807) is 17.4 Å². The van der Waals surface area contributed by atoms with E-state index >= 15 is 0 Å². The van der Waals surface area contributed by atoms with Gasteiger partial charge in [-0.25, -0.2) is 8.42 Å². The number of hydrogen-bond acceptors (Lipinski definition) is 5. The minimum atomic E-state index is -3.34. The Morgan fingerprint density at radius 3 is 2.77 bits per heavy atom. The zero-order valence-electron chi connectivity index (χ0n) is 15.2. The molecule has 0 radical (unpaired) electrons. The minimum Gasteiger partial charge on any atom is -0.376 e. The highest BCUT2D eigenvalue weighted by molar-refractivity contribution is 7.91. The maximum Gasteiger partial charge on any atom is 0.252 e. The zero-order chi connectivity index (χ0) is 18.4. The Morgan fingerprint density at radius 1 is 1.27 bits per heavy atom. The second kappa shape index (κ2) is 9.16. The van der Waals surface area contributed by atoms with Crippen LogP contribution in [0, 0.1) is 0 Å². The smallest absolute Gasteiger partial charge is 0.252 e. The summed E-state index contributed by atoms with van der Waals surface area (Å²) in [6, 6.07) is 3.59. The number of nitrogens with one attached hydrogen (secondary N) is 2. The van der Waals surface area contributed by atoms with Crippen molar-refractivity contribution >= 4 is 27.3 Å². The Hall–Kier alpha value is -1.16. The fraction of sp³-hybridized carbons (Fsp3) is 0.706. The van der Waals surface area contributed by atoms with Gasteiger partial charge in [0.1, 0.15) is 4.21 Å². The summed E-state index contributed by atoms with van der Waals surface area (Å²) in [5.41, 5.74) is 0. The first-order chi connectivity index (χ1) is 12.6. The summed E-state index contributed by atoms with van der Waals surface area (Å²) >= 11 is 1.33. The summed E-state index contributed by atoms with van der Waals surface area (Å²) in [6.07, 6.45) is 5.45. The molecule has 2 fully saturated rings. The van der Waals surface area contributed by atoms with Crippen LogP contribution in [0.3, 0.4) is 0 Å². The van der Waals surface area contributed by atoms with Gasteiger partial charge in [-0.15, -0.1) is 11.3 Å². The van der Waals surface area contributed by atoms with Crippen LogP contribution in [0.4, 0.5) is 0 Å². The molecule has 9 heteroatoms. The van der Waals surface area contributed by atoms with Crippen molar-refractivity contribution in [3.63, 3.8) is 0 Å². The van der Waals surface area contributed by atoms with Crippen LogP contribution < -0.4 is 10.6 Å². The number of hydrogen-bond donors (Lipinski definition) is 2. The molecule has 0 bridgehead atoms. The standard InChI is InChI=1S/C17H28N4O3S2/c1-18-17(19-12-14-6-5-11-24-14)20-13-15-7-8-16(25-15)26(22,23)21-9-3-2-4-10-21/h7-8,14H,2-6,9-13H2,1H3,(H2,18,19,20). The highest BCUT2D eigenvalue weighted by Crippen LogP contribution is 2.27. The lowest BCUT2D eigenvalue weighted by molar-refractivity contribution is 0.114. The number of thiophene rings is 1. The van der Waals surface area contributed by atoms with E-state index in [9.17, 15) is 8.42 Å². The molecule has 7 nitrogen and oxygen atoms in total. The largest absolute Gasteiger partial charge is 0.376 e. The lowest BCUT2D eigenvalue weighted by atomic mass is 10.2. The molecule has 146 valence electrons. The topological polar surface area (TPSA) is 83.0 Å². The Balaban J connectivity index is 1.52. The number of nitrogens with zero attached hydrogens (tertiary/aromatic N) is 2. The quantitative estimate of drug-likeness (QED) is 0.562. The van der Waals surface area contributed by atoms with Gasteiger partial charge in [0.15, 0.2) is 5.96 Å². The predicted octanol–water partition coefficient (Wildman–Crippen LogP) is 1.77. The van der Waals surface area contributed by atoms with Crippen molar-refractivity contribution in [3.05, 3.63) is 17.0 Å². The third kappa shape index (κ3) is 4.97. The van der Waals surface area contributed by atoms with Crippen LogP contribution in [0.1, 0.15) is 37.0 Å². The summed E-state index contributed by atoms with van der Waals surface area (Å²) in [4.78, 5) is 5.18. The molecule has 1 aromatic rings. The molecule has 3 heterocycles. The van der Waals surface area contributed by atoms with Gasteiger partial charge in [0.25, 0.3) is 10.0 Å². The molecule has 0 amide bonds. The lowest BCUT2D eigenvalue weighted by Crippen LogP contribution is -2.40. The van der Waals surface area contributed by atoms with Gasteiger partial charge in [0.05, 0.1) is 12.6 Å². The number of guanidine groups is 1. The maximum absolute atomic E-state index is 12.7. The monoisotopic (exact) mass is 400 g/mol. The van der Waals surface area contributed by atoms with Crippen molar-refractivity contribution in [2.45, 2.75) is 49.0 Å². The number of rotatable bonds is 6. The molecule has 0 aromatic carbocycles. The second-order valence-corrected chi connectivity index (χ2v) is 9.96. The lowest BCUT2D eigenvalue weighted by Gasteiger charge is -2.25. The van der Waals surface area contributed by atoms with E-state index in [1.165, 1.54) is 11.3 Å². The molecule has 2 saturated heterocycles. The van der Waals surface area contributed by atoms with Crippen LogP contribution in [0.5, 0.6) is 0 Å². The van der Waals surface area contributed by atoms with Crippen molar-refractivity contribution in [2.75, 3.05) is 33.3 Å². The summed E-state index contributed by atoms with van der Waals surface area (Å²) in [6.45, 7) is 3.38. The second-order valence-electron chi connectivity index (χ2n) is 6.63. The van der Waals surface area contributed by atoms with Crippen molar-refractivity contribution in [1.29, 1.82) is 0 Å². The molecule has 0 saturated carbocycles. The van der Waals surface area contributed by atoms with Crippen LogP contribution in [-0.2, 0) is 21.3 Å². The molecule has 1 aromatic heterocycles. The summed E-state index contributed by atoms with van der Waals surface area (Å²) < 4.78 is 33.1. The molecular formula is C17H28N4O3S2.